The predicted octanol–water partition coefficient (Wildman–Crippen LogP) is 3.64. The summed E-state index contributed by atoms with van der Waals surface area (Å²) in [4.78, 5) is 27.1. The number of carbonyl (C=O) groups excluding carboxylic acids is 1. The first-order valence-corrected chi connectivity index (χ1v) is 11.8. The minimum absolute atomic E-state index is 0.0548. The normalized spacial score (nSPS) is 19.1. The Balaban J connectivity index is 1.63. The van der Waals surface area contributed by atoms with E-state index in [4.69, 9.17) is 21.4 Å². The molecule has 0 saturated heterocycles. The van der Waals surface area contributed by atoms with Crippen molar-refractivity contribution in [2.24, 2.45) is 11.8 Å². The molecule has 9 nitrogen and oxygen atoms in total. The third-order valence-electron chi connectivity index (χ3n) is 5.44. The predicted molar refractivity (Wildman–Crippen MR) is 130 cm³/mol. The number of carboxylic acids is 1. The molecule has 3 atom stereocenters. The number of pyridine rings is 1. The molecule has 1 aromatic heterocycles. The van der Waals surface area contributed by atoms with Gasteiger partial charge in [0.2, 0.25) is 5.88 Å². The van der Waals surface area contributed by atoms with E-state index in [0.717, 1.165) is 12.6 Å². The molecule has 0 spiro atoms. The zero-order valence-electron chi connectivity index (χ0n) is 19.6. The molecule has 0 saturated carbocycles. The minimum Gasteiger partial charge on any atom is -0.481 e. The molecule has 2 unspecified atom stereocenters. The molecule has 0 aromatic carbocycles. The Labute approximate surface area is 212 Å². The summed E-state index contributed by atoms with van der Waals surface area (Å²) in [5.41, 5.74) is 0.505. The molecule has 194 valence electrons. The zero-order valence-corrected chi connectivity index (χ0v) is 20.3. The average Bonchev–Trinajstić information content (AvgIpc) is 2.85. The maximum atomic E-state index is 14.7. The van der Waals surface area contributed by atoms with E-state index in [0.29, 0.717) is 23.7 Å². The zero-order chi connectivity index (χ0) is 26.1. The highest BCUT2D eigenvalue weighted by molar-refractivity contribution is 6.31. The molecule has 0 aliphatic heterocycles. The molecule has 1 heterocycles. The number of carboxylic acid groups (broad SMARTS) is 1. The van der Waals surface area contributed by atoms with Gasteiger partial charge in [-0.05, 0) is 37.0 Å². The molecule has 2 amide bonds. The van der Waals surface area contributed by atoms with E-state index in [2.05, 4.69) is 26.3 Å². The van der Waals surface area contributed by atoms with Crippen LogP contribution in [0.4, 0.5) is 13.6 Å². The summed E-state index contributed by atoms with van der Waals surface area (Å²) in [5, 5.41) is 21.1. The van der Waals surface area contributed by atoms with Crippen molar-refractivity contribution in [3.8, 4) is 5.88 Å². The highest BCUT2D eigenvalue weighted by Crippen LogP contribution is 2.26. The van der Waals surface area contributed by atoms with Crippen molar-refractivity contribution in [1.29, 1.82) is 0 Å². The summed E-state index contributed by atoms with van der Waals surface area (Å²) < 4.78 is 33.2. The molecule has 5 N–H and O–H groups in total. The van der Waals surface area contributed by atoms with Crippen LogP contribution in [-0.2, 0) is 4.79 Å². The number of urea groups is 1. The van der Waals surface area contributed by atoms with E-state index in [1.165, 1.54) is 25.1 Å². The van der Waals surface area contributed by atoms with E-state index in [9.17, 15) is 18.4 Å². The fraction of sp³-hybridized carbons (Fsp3) is 0.375. The summed E-state index contributed by atoms with van der Waals surface area (Å²) in [6.45, 7) is 1.91. The maximum absolute atomic E-state index is 14.7. The Morgan fingerprint density at radius 1 is 1.31 bits per heavy atom. The molecule has 2 aliphatic carbocycles. The van der Waals surface area contributed by atoms with Crippen molar-refractivity contribution in [3.63, 3.8) is 0 Å². The van der Waals surface area contributed by atoms with Gasteiger partial charge in [-0.3, -0.25) is 10.1 Å². The fourth-order valence-electron chi connectivity index (χ4n) is 3.33. The number of carbonyl (C=O) groups is 2. The number of nitrogens with zero attached hydrogens (tertiary/aromatic N) is 1. The minimum atomic E-state index is -1.03. The lowest BCUT2D eigenvalue weighted by Gasteiger charge is -2.27. The molecule has 36 heavy (non-hydrogen) atoms. The second-order valence-corrected chi connectivity index (χ2v) is 8.82. The lowest BCUT2D eigenvalue weighted by atomic mass is 10.0. The van der Waals surface area contributed by atoms with Gasteiger partial charge in [0, 0.05) is 36.3 Å². The first-order valence-electron chi connectivity index (χ1n) is 11.4. The van der Waals surface area contributed by atoms with Crippen molar-refractivity contribution in [1.82, 2.24) is 26.3 Å². The summed E-state index contributed by atoms with van der Waals surface area (Å²) in [5.74, 6) is -2.65. The van der Waals surface area contributed by atoms with Crippen LogP contribution in [0.25, 0.3) is 0 Å². The van der Waals surface area contributed by atoms with E-state index in [1.807, 2.05) is 12.2 Å². The van der Waals surface area contributed by atoms with E-state index in [1.54, 1.807) is 6.08 Å². The third kappa shape index (κ3) is 8.65. The maximum Gasteiger partial charge on any atom is 0.317 e. The lowest BCUT2D eigenvalue weighted by Crippen LogP contribution is -2.58. The van der Waals surface area contributed by atoms with Gasteiger partial charge in [-0.1, -0.05) is 30.7 Å². The summed E-state index contributed by atoms with van der Waals surface area (Å²) >= 11 is 5.96. The number of amides is 2. The Morgan fingerprint density at radius 3 is 2.75 bits per heavy atom. The summed E-state index contributed by atoms with van der Waals surface area (Å²) in [6.07, 6.45) is 8.42. The number of hydrogen-bond acceptors (Lipinski definition) is 6. The van der Waals surface area contributed by atoms with Gasteiger partial charge in [0.25, 0.3) is 0 Å². The Bertz CT molecular complexity index is 1070. The van der Waals surface area contributed by atoms with Crippen LogP contribution in [0.1, 0.15) is 26.2 Å². The van der Waals surface area contributed by atoms with Crippen LogP contribution in [0, 0.1) is 17.7 Å². The van der Waals surface area contributed by atoms with Crippen LogP contribution in [0.2, 0.25) is 0 Å². The Morgan fingerprint density at radius 2 is 2.11 bits per heavy atom. The number of halogens is 3. The van der Waals surface area contributed by atoms with E-state index in [-0.39, 0.29) is 30.5 Å². The smallest absolute Gasteiger partial charge is 0.317 e. The summed E-state index contributed by atoms with van der Waals surface area (Å²) in [7, 11) is 0. The topological polar surface area (TPSA) is 125 Å². The molecule has 0 radical (unpaired) electrons. The number of ether oxygens (including phenoxy) is 1. The van der Waals surface area contributed by atoms with E-state index < -0.39 is 35.9 Å². The van der Waals surface area contributed by atoms with Crippen molar-refractivity contribution in [2.45, 2.75) is 32.5 Å². The molecule has 1 aromatic rings. The van der Waals surface area contributed by atoms with Crippen LogP contribution >= 0.6 is 11.6 Å². The second kappa shape index (κ2) is 13.0. The van der Waals surface area contributed by atoms with Gasteiger partial charge in [-0.15, -0.1) is 0 Å². The number of allylic oxidation sites excluding steroid dienone is 7. The van der Waals surface area contributed by atoms with Crippen LogP contribution in [0.3, 0.4) is 0 Å². The third-order valence-corrected chi connectivity index (χ3v) is 5.72. The number of rotatable bonds is 11. The quantitative estimate of drug-likeness (QED) is 0.280. The average molecular weight is 524 g/mol. The number of aliphatic carboxylic acids is 1. The van der Waals surface area contributed by atoms with Gasteiger partial charge < -0.3 is 25.8 Å². The molecule has 12 heteroatoms. The lowest BCUT2D eigenvalue weighted by molar-refractivity contribution is -0.140. The first kappa shape index (κ1) is 27.2. The summed E-state index contributed by atoms with van der Waals surface area (Å²) in [6, 6.07) is 1.89. The van der Waals surface area contributed by atoms with Crippen molar-refractivity contribution in [2.75, 3.05) is 13.1 Å². The molecule has 3 rings (SSSR count). The van der Waals surface area contributed by atoms with Crippen LogP contribution in [-0.4, -0.2) is 41.5 Å². The Hall–Kier alpha value is -3.44. The molecular formula is C24H28ClF2N5O4. The SMILES string of the molecule is C[C@@H](CNC(=O)NC(NCC1C=CC(Cl)=CC1)NC1=CC(F)=C(Oc2ccc(F)cn2)CC1)C(=O)O. The van der Waals surface area contributed by atoms with Crippen molar-refractivity contribution >= 4 is 23.6 Å². The molecular weight excluding hydrogens is 496 g/mol. The highest BCUT2D eigenvalue weighted by Gasteiger charge is 2.21. The Kier molecular flexibility index (Phi) is 9.83. The van der Waals surface area contributed by atoms with Gasteiger partial charge in [-0.2, -0.15) is 0 Å². The van der Waals surface area contributed by atoms with Gasteiger partial charge in [-0.25, -0.2) is 18.6 Å². The van der Waals surface area contributed by atoms with Crippen molar-refractivity contribution < 1.29 is 28.2 Å². The van der Waals surface area contributed by atoms with Gasteiger partial charge in [0.1, 0.15) is 11.6 Å². The standard InChI is InChI=1S/C24H28ClF2N5O4/c1-14(22(33)34)11-30-24(35)32-23(29-12-15-2-4-16(25)5-3-15)31-18-7-8-20(19(27)10-18)36-21-9-6-17(26)13-28-21/h2,4-6,9-10,13-15,23,29,31H,3,7-8,11-12H2,1H3,(H,33,34)(H2,30,32,35)/t14-,15?,23?/m0/s1. The van der Waals surface area contributed by atoms with Gasteiger partial charge in [0.15, 0.2) is 12.1 Å². The monoisotopic (exact) mass is 523 g/mol. The van der Waals surface area contributed by atoms with E-state index >= 15 is 0 Å². The van der Waals surface area contributed by atoms with Crippen LogP contribution in [0.5, 0.6) is 5.88 Å². The molecule has 2 aliphatic rings. The van der Waals surface area contributed by atoms with Crippen LogP contribution < -0.4 is 26.0 Å². The second-order valence-electron chi connectivity index (χ2n) is 8.38. The largest absolute Gasteiger partial charge is 0.481 e. The van der Waals surface area contributed by atoms with Crippen LogP contribution in [0.15, 0.2) is 64.9 Å². The molecule has 0 bridgehead atoms. The fourth-order valence-corrected chi connectivity index (χ4v) is 3.50. The van der Waals surface area contributed by atoms with Gasteiger partial charge in [0.05, 0.1) is 12.1 Å². The first-order chi connectivity index (χ1) is 17.2. The van der Waals surface area contributed by atoms with Gasteiger partial charge >= 0.3 is 12.0 Å². The number of aromatic nitrogens is 1. The number of hydrogen-bond donors (Lipinski definition) is 5. The number of nitrogens with one attached hydrogen (secondary N) is 4. The molecule has 0 fully saturated rings. The van der Waals surface area contributed by atoms with Crippen molar-refractivity contribution in [3.05, 3.63) is 70.8 Å². The highest BCUT2D eigenvalue weighted by atomic mass is 35.5.